The Hall–Kier alpha value is -3.68. The lowest BCUT2D eigenvalue weighted by molar-refractivity contribution is -0.151. The third-order valence-electron chi connectivity index (χ3n) is 4.83. The average Bonchev–Trinajstić information content (AvgIpc) is 2.98. The second-order valence-corrected chi connectivity index (χ2v) is 7.33. The molecule has 0 bridgehead atoms. The fourth-order valence-electron chi connectivity index (χ4n) is 3.20. The highest BCUT2D eigenvalue weighted by molar-refractivity contribution is 6.22. The van der Waals surface area contributed by atoms with Crippen molar-refractivity contribution in [2.24, 2.45) is 0 Å². The van der Waals surface area contributed by atoms with E-state index in [4.69, 9.17) is 9.47 Å². The van der Waals surface area contributed by atoms with E-state index in [1.807, 2.05) is 38.1 Å². The van der Waals surface area contributed by atoms with Gasteiger partial charge in [0.15, 0.2) is 6.61 Å². The first-order valence-corrected chi connectivity index (χ1v) is 9.89. The first-order chi connectivity index (χ1) is 14.8. The summed E-state index contributed by atoms with van der Waals surface area (Å²) in [5.41, 5.74) is 2.41. The van der Waals surface area contributed by atoms with Gasteiger partial charge in [0.05, 0.1) is 17.7 Å². The normalized spacial score (nSPS) is 13.6. The van der Waals surface area contributed by atoms with Crippen LogP contribution in [-0.4, -0.2) is 54.4 Å². The maximum atomic E-state index is 12.6. The van der Waals surface area contributed by atoms with Gasteiger partial charge in [-0.3, -0.25) is 19.3 Å². The second kappa shape index (κ2) is 9.42. The quantitative estimate of drug-likeness (QED) is 0.395. The van der Waals surface area contributed by atoms with Crippen molar-refractivity contribution in [3.8, 4) is 5.75 Å². The molecule has 3 amide bonds. The number of aryl methyl sites for hydroxylation is 2. The van der Waals surface area contributed by atoms with Crippen LogP contribution < -0.4 is 10.1 Å². The number of amides is 3. The Kier molecular flexibility index (Phi) is 6.69. The molecule has 8 heteroatoms. The Labute approximate surface area is 180 Å². The van der Waals surface area contributed by atoms with Crippen molar-refractivity contribution in [3.63, 3.8) is 0 Å². The highest BCUT2D eigenvalue weighted by atomic mass is 16.5. The Morgan fingerprint density at radius 1 is 1.00 bits per heavy atom. The number of ether oxygens (including phenoxy) is 2. The molecule has 0 spiro atoms. The summed E-state index contributed by atoms with van der Waals surface area (Å²) >= 11 is 0. The Morgan fingerprint density at radius 3 is 2.45 bits per heavy atom. The van der Waals surface area contributed by atoms with Crippen LogP contribution in [-0.2, 0) is 14.3 Å². The molecule has 0 aromatic heterocycles. The Balaban J connectivity index is 1.44. The van der Waals surface area contributed by atoms with Gasteiger partial charge in [-0.15, -0.1) is 0 Å². The number of carbonyl (C=O) groups is 4. The molecule has 1 aliphatic rings. The lowest BCUT2D eigenvalue weighted by Crippen LogP contribution is -2.44. The molecule has 0 aliphatic carbocycles. The third-order valence-corrected chi connectivity index (χ3v) is 4.83. The minimum atomic E-state index is -1.15. The van der Waals surface area contributed by atoms with Gasteiger partial charge in [-0.05, 0) is 50.6 Å². The zero-order chi connectivity index (χ0) is 22.5. The van der Waals surface area contributed by atoms with Crippen molar-refractivity contribution in [2.45, 2.75) is 26.8 Å². The van der Waals surface area contributed by atoms with Gasteiger partial charge in [-0.2, -0.15) is 0 Å². The second-order valence-electron chi connectivity index (χ2n) is 7.33. The van der Waals surface area contributed by atoms with E-state index in [0.29, 0.717) is 5.75 Å². The maximum Gasteiger partial charge on any atom is 0.329 e. The van der Waals surface area contributed by atoms with Crippen molar-refractivity contribution >= 4 is 23.7 Å². The number of hydrogen-bond acceptors (Lipinski definition) is 6. The van der Waals surface area contributed by atoms with Gasteiger partial charge in [0.1, 0.15) is 18.4 Å². The Morgan fingerprint density at radius 2 is 1.71 bits per heavy atom. The van der Waals surface area contributed by atoms with Crippen LogP contribution in [0.3, 0.4) is 0 Å². The highest BCUT2D eigenvalue weighted by Crippen LogP contribution is 2.26. The molecule has 0 fully saturated rings. The van der Waals surface area contributed by atoms with E-state index in [2.05, 4.69) is 5.32 Å². The lowest BCUT2D eigenvalue weighted by atomic mass is 10.1. The standard InChI is InChI=1S/C23H24N2O6/c1-14-5-4-6-17(11-14)30-10-9-24-20(26)13-31-23(29)16(3)25-21(27)18-8-7-15(2)12-19(18)22(25)28/h4-8,11-12,16H,9-10,13H2,1-3H3,(H,24,26). The molecule has 2 aromatic carbocycles. The zero-order valence-electron chi connectivity index (χ0n) is 17.6. The molecule has 1 heterocycles. The molecule has 162 valence electrons. The minimum Gasteiger partial charge on any atom is -0.492 e. The summed E-state index contributed by atoms with van der Waals surface area (Å²) in [6.45, 7) is 5.13. The maximum absolute atomic E-state index is 12.6. The van der Waals surface area contributed by atoms with E-state index in [-0.39, 0.29) is 24.3 Å². The molecule has 31 heavy (non-hydrogen) atoms. The number of nitrogens with zero attached hydrogens (tertiary/aromatic N) is 1. The summed E-state index contributed by atoms with van der Waals surface area (Å²) in [6.07, 6.45) is 0. The Bertz CT molecular complexity index is 1030. The number of nitrogens with one attached hydrogen (secondary N) is 1. The fourth-order valence-corrected chi connectivity index (χ4v) is 3.20. The van der Waals surface area contributed by atoms with Crippen molar-refractivity contribution in [1.82, 2.24) is 10.2 Å². The molecular weight excluding hydrogens is 400 g/mol. The topological polar surface area (TPSA) is 102 Å². The number of benzene rings is 2. The molecule has 0 saturated carbocycles. The van der Waals surface area contributed by atoms with Crippen molar-refractivity contribution in [3.05, 3.63) is 64.7 Å². The number of imide groups is 1. The minimum absolute atomic E-state index is 0.234. The zero-order valence-corrected chi connectivity index (χ0v) is 17.6. The summed E-state index contributed by atoms with van der Waals surface area (Å²) in [6, 6.07) is 11.3. The smallest absolute Gasteiger partial charge is 0.329 e. The van der Waals surface area contributed by atoms with Crippen LogP contribution in [0.15, 0.2) is 42.5 Å². The number of rotatable bonds is 8. The highest BCUT2D eigenvalue weighted by Gasteiger charge is 2.41. The molecule has 1 atom stereocenters. The first kappa shape index (κ1) is 22.0. The summed E-state index contributed by atoms with van der Waals surface area (Å²) in [5.74, 6) is -1.75. The molecule has 2 aromatic rings. The van der Waals surface area contributed by atoms with E-state index in [1.165, 1.54) is 6.92 Å². The van der Waals surface area contributed by atoms with E-state index in [0.717, 1.165) is 16.0 Å². The molecule has 1 aliphatic heterocycles. The molecule has 0 saturated heterocycles. The molecule has 8 nitrogen and oxygen atoms in total. The summed E-state index contributed by atoms with van der Waals surface area (Å²) < 4.78 is 10.5. The van der Waals surface area contributed by atoms with Gasteiger partial charge in [0.25, 0.3) is 17.7 Å². The van der Waals surface area contributed by atoms with Gasteiger partial charge in [0.2, 0.25) is 0 Å². The van der Waals surface area contributed by atoms with Crippen molar-refractivity contribution < 1.29 is 28.7 Å². The fraction of sp³-hybridized carbons (Fsp3) is 0.304. The number of esters is 1. The van der Waals surface area contributed by atoms with Crippen LogP contribution in [0.25, 0.3) is 0 Å². The molecule has 1 unspecified atom stereocenters. The predicted octanol–water partition coefficient (Wildman–Crippen LogP) is 2.03. The van der Waals surface area contributed by atoms with Gasteiger partial charge in [-0.25, -0.2) is 4.79 Å². The number of carbonyl (C=O) groups excluding carboxylic acids is 4. The summed E-state index contributed by atoms with van der Waals surface area (Å²) in [4.78, 5) is 50.2. The van der Waals surface area contributed by atoms with E-state index in [1.54, 1.807) is 18.2 Å². The molecule has 3 rings (SSSR count). The summed E-state index contributed by atoms with van der Waals surface area (Å²) in [7, 11) is 0. The molecular formula is C23H24N2O6. The largest absolute Gasteiger partial charge is 0.492 e. The monoisotopic (exact) mass is 424 g/mol. The lowest BCUT2D eigenvalue weighted by Gasteiger charge is -2.20. The molecule has 0 radical (unpaired) electrons. The average molecular weight is 424 g/mol. The van der Waals surface area contributed by atoms with Crippen molar-refractivity contribution in [1.29, 1.82) is 0 Å². The van der Waals surface area contributed by atoms with E-state index < -0.39 is 36.3 Å². The van der Waals surface area contributed by atoms with Crippen LogP contribution in [0.1, 0.15) is 38.8 Å². The van der Waals surface area contributed by atoms with Gasteiger partial charge in [-0.1, -0.05) is 23.8 Å². The first-order valence-electron chi connectivity index (χ1n) is 9.89. The van der Waals surface area contributed by atoms with Crippen LogP contribution in [0.2, 0.25) is 0 Å². The van der Waals surface area contributed by atoms with Crippen LogP contribution >= 0.6 is 0 Å². The van der Waals surface area contributed by atoms with Gasteiger partial charge >= 0.3 is 5.97 Å². The van der Waals surface area contributed by atoms with Crippen LogP contribution in [0, 0.1) is 13.8 Å². The summed E-state index contributed by atoms with van der Waals surface area (Å²) in [5, 5.41) is 2.58. The number of hydrogen-bond donors (Lipinski definition) is 1. The van der Waals surface area contributed by atoms with E-state index in [9.17, 15) is 19.2 Å². The molecule has 1 N–H and O–H groups in total. The third kappa shape index (κ3) is 5.09. The van der Waals surface area contributed by atoms with Crippen LogP contribution in [0.4, 0.5) is 0 Å². The van der Waals surface area contributed by atoms with Gasteiger partial charge in [0, 0.05) is 0 Å². The van der Waals surface area contributed by atoms with Crippen LogP contribution in [0.5, 0.6) is 5.75 Å². The number of fused-ring (bicyclic) bond motifs is 1. The van der Waals surface area contributed by atoms with Gasteiger partial charge < -0.3 is 14.8 Å². The van der Waals surface area contributed by atoms with E-state index >= 15 is 0 Å². The predicted molar refractivity (Wildman–Crippen MR) is 112 cm³/mol. The van der Waals surface area contributed by atoms with Crippen molar-refractivity contribution in [2.75, 3.05) is 19.8 Å². The SMILES string of the molecule is Cc1cccc(OCCNC(=O)COC(=O)C(C)N2C(=O)c3ccc(C)cc3C2=O)c1.